The van der Waals surface area contributed by atoms with Gasteiger partial charge in [-0.05, 0) is 25.5 Å². The van der Waals surface area contributed by atoms with Crippen LogP contribution in [0.25, 0.3) is 5.69 Å². The van der Waals surface area contributed by atoms with E-state index in [9.17, 15) is 9.50 Å². The van der Waals surface area contributed by atoms with Crippen molar-refractivity contribution in [1.29, 1.82) is 0 Å². The number of halogens is 1. The Bertz CT molecular complexity index is 534. The summed E-state index contributed by atoms with van der Waals surface area (Å²) in [6, 6.07) is 4.81. The Hall–Kier alpha value is -1.68. The number of aliphatic hydroxyl groups is 1. The van der Waals surface area contributed by atoms with Crippen molar-refractivity contribution in [1.82, 2.24) is 9.55 Å². The summed E-state index contributed by atoms with van der Waals surface area (Å²) in [5.74, 6) is 0.489. The lowest BCUT2D eigenvalue weighted by atomic mass is 10.1. The maximum Gasteiger partial charge on any atom is 0.131 e. The predicted octanol–water partition coefficient (Wildman–Crippen LogP) is 3.02. The monoisotopic (exact) mass is 248 g/mol. The number of nitrogens with zero attached hydrogens (tertiary/aromatic N) is 2. The van der Waals surface area contributed by atoms with Gasteiger partial charge in [0.15, 0.2) is 0 Å². The van der Waals surface area contributed by atoms with E-state index >= 15 is 0 Å². The smallest absolute Gasteiger partial charge is 0.131 e. The maximum atomic E-state index is 13.8. The summed E-state index contributed by atoms with van der Waals surface area (Å²) in [6.07, 6.45) is 4.44. The average Bonchev–Trinajstić information content (AvgIpc) is 2.76. The molecule has 0 fully saturated rings. The van der Waals surface area contributed by atoms with Crippen molar-refractivity contribution >= 4 is 0 Å². The Morgan fingerprint density at radius 3 is 2.89 bits per heavy atom. The van der Waals surface area contributed by atoms with Gasteiger partial charge in [0.2, 0.25) is 0 Å². The third-order valence-corrected chi connectivity index (χ3v) is 2.90. The second-order valence-electron chi connectivity index (χ2n) is 4.31. The van der Waals surface area contributed by atoms with Gasteiger partial charge in [0, 0.05) is 24.4 Å². The zero-order chi connectivity index (χ0) is 13.1. The molecule has 96 valence electrons. The molecule has 0 radical (unpaired) electrons. The molecular formula is C14H17FN2O. The normalized spacial score (nSPS) is 12.7. The number of aryl methyl sites for hydroxylation is 1. The first-order valence-corrected chi connectivity index (χ1v) is 6.14. The molecule has 2 rings (SSSR count). The van der Waals surface area contributed by atoms with E-state index in [1.807, 2.05) is 4.57 Å². The molecule has 4 heteroatoms. The highest BCUT2D eigenvalue weighted by Crippen LogP contribution is 2.25. The Labute approximate surface area is 106 Å². The lowest BCUT2D eigenvalue weighted by Gasteiger charge is -2.15. The minimum absolute atomic E-state index is 0.313. The average molecular weight is 248 g/mol. The van der Waals surface area contributed by atoms with E-state index < -0.39 is 11.9 Å². The molecule has 0 aliphatic heterocycles. The van der Waals surface area contributed by atoms with E-state index in [0.29, 0.717) is 11.3 Å². The van der Waals surface area contributed by atoms with Crippen LogP contribution in [0.1, 0.15) is 37.8 Å². The highest BCUT2D eigenvalue weighted by Gasteiger charge is 2.16. The SMILES string of the molecule is CCCc1nccn1-c1cccc(F)c1[C@H](C)O. The van der Waals surface area contributed by atoms with Gasteiger partial charge in [-0.25, -0.2) is 9.37 Å². The lowest BCUT2D eigenvalue weighted by Crippen LogP contribution is -2.07. The van der Waals surface area contributed by atoms with Crippen LogP contribution in [0.2, 0.25) is 0 Å². The molecule has 3 nitrogen and oxygen atoms in total. The second kappa shape index (κ2) is 5.31. The summed E-state index contributed by atoms with van der Waals surface area (Å²) in [5, 5.41) is 9.73. The Morgan fingerprint density at radius 1 is 1.44 bits per heavy atom. The van der Waals surface area contributed by atoms with Crippen LogP contribution < -0.4 is 0 Å². The van der Waals surface area contributed by atoms with Gasteiger partial charge in [0.1, 0.15) is 11.6 Å². The van der Waals surface area contributed by atoms with Crippen LogP contribution in [-0.2, 0) is 6.42 Å². The molecule has 0 saturated carbocycles. The molecule has 0 bridgehead atoms. The Kier molecular flexibility index (Phi) is 3.77. The highest BCUT2D eigenvalue weighted by atomic mass is 19.1. The standard InChI is InChI=1S/C14H17FN2O/c1-3-5-13-16-8-9-17(13)12-7-4-6-11(15)14(12)10(2)18/h4,6-10,18H,3,5H2,1-2H3/t10-/m0/s1. The zero-order valence-electron chi connectivity index (χ0n) is 10.6. The van der Waals surface area contributed by atoms with Crippen LogP contribution >= 0.6 is 0 Å². The molecule has 1 N–H and O–H groups in total. The van der Waals surface area contributed by atoms with Crippen LogP contribution in [0.5, 0.6) is 0 Å². The van der Waals surface area contributed by atoms with E-state index in [1.165, 1.54) is 6.07 Å². The summed E-state index contributed by atoms with van der Waals surface area (Å²) < 4.78 is 15.7. The largest absolute Gasteiger partial charge is 0.389 e. The van der Waals surface area contributed by atoms with Crippen LogP contribution in [0.4, 0.5) is 4.39 Å². The van der Waals surface area contributed by atoms with Crippen molar-refractivity contribution in [3.8, 4) is 5.69 Å². The van der Waals surface area contributed by atoms with Crippen molar-refractivity contribution < 1.29 is 9.50 Å². The van der Waals surface area contributed by atoms with Gasteiger partial charge in [-0.2, -0.15) is 0 Å². The van der Waals surface area contributed by atoms with Crippen LogP contribution in [0, 0.1) is 5.82 Å². The molecule has 1 atom stereocenters. The van der Waals surface area contributed by atoms with Gasteiger partial charge in [-0.1, -0.05) is 13.0 Å². The minimum Gasteiger partial charge on any atom is -0.389 e. The summed E-state index contributed by atoms with van der Waals surface area (Å²) in [7, 11) is 0. The van der Waals surface area contributed by atoms with Crippen molar-refractivity contribution in [2.24, 2.45) is 0 Å². The molecule has 0 aliphatic carbocycles. The third-order valence-electron chi connectivity index (χ3n) is 2.90. The molecule has 1 heterocycles. The quantitative estimate of drug-likeness (QED) is 0.903. The molecule has 0 saturated heterocycles. The maximum absolute atomic E-state index is 13.8. The predicted molar refractivity (Wildman–Crippen MR) is 68.2 cm³/mol. The van der Waals surface area contributed by atoms with Crippen LogP contribution in [0.3, 0.4) is 0 Å². The van der Waals surface area contributed by atoms with Gasteiger partial charge < -0.3 is 9.67 Å². The van der Waals surface area contributed by atoms with E-state index in [4.69, 9.17) is 0 Å². The number of imidazole rings is 1. The molecule has 1 aromatic carbocycles. The second-order valence-corrected chi connectivity index (χ2v) is 4.31. The summed E-state index contributed by atoms with van der Waals surface area (Å²) in [4.78, 5) is 4.27. The zero-order valence-corrected chi connectivity index (χ0v) is 10.6. The van der Waals surface area contributed by atoms with Gasteiger partial charge in [-0.15, -0.1) is 0 Å². The fraction of sp³-hybridized carbons (Fsp3) is 0.357. The molecule has 0 spiro atoms. The van der Waals surface area contributed by atoms with Gasteiger partial charge in [0.05, 0.1) is 11.8 Å². The topological polar surface area (TPSA) is 38.0 Å². The molecule has 0 amide bonds. The lowest BCUT2D eigenvalue weighted by molar-refractivity contribution is 0.194. The number of hydrogen-bond acceptors (Lipinski definition) is 2. The number of rotatable bonds is 4. The molecule has 0 unspecified atom stereocenters. The summed E-state index contributed by atoms with van der Waals surface area (Å²) in [5.41, 5.74) is 0.971. The molecule has 1 aromatic heterocycles. The molecular weight excluding hydrogens is 231 g/mol. The van der Waals surface area contributed by atoms with Crippen molar-refractivity contribution in [2.45, 2.75) is 32.8 Å². The number of aromatic nitrogens is 2. The highest BCUT2D eigenvalue weighted by molar-refractivity contribution is 5.44. The fourth-order valence-corrected chi connectivity index (χ4v) is 2.11. The number of benzene rings is 1. The first kappa shape index (κ1) is 12.8. The molecule has 2 aromatic rings. The fourth-order valence-electron chi connectivity index (χ4n) is 2.11. The Morgan fingerprint density at radius 2 is 2.22 bits per heavy atom. The number of hydrogen-bond donors (Lipinski definition) is 1. The van der Waals surface area contributed by atoms with E-state index in [1.54, 1.807) is 31.5 Å². The van der Waals surface area contributed by atoms with Crippen LogP contribution in [0.15, 0.2) is 30.6 Å². The van der Waals surface area contributed by atoms with Crippen molar-refractivity contribution in [3.63, 3.8) is 0 Å². The summed E-state index contributed by atoms with van der Waals surface area (Å²) >= 11 is 0. The van der Waals surface area contributed by atoms with E-state index in [2.05, 4.69) is 11.9 Å². The third kappa shape index (κ3) is 2.29. The molecule has 18 heavy (non-hydrogen) atoms. The van der Waals surface area contributed by atoms with Gasteiger partial charge in [0.25, 0.3) is 0 Å². The van der Waals surface area contributed by atoms with Gasteiger partial charge in [-0.3, -0.25) is 0 Å². The minimum atomic E-state index is -0.849. The van der Waals surface area contributed by atoms with Gasteiger partial charge >= 0.3 is 0 Å². The molecule has 0 aliphatic rings. The van der Waals surface area contributed by atoms with Crippen molar-refractivity contribution in [2.75, 3.05) is 0 Å². The van der Waals surface area contributed by atoms with Crippen molar-refractivity contribution in [3.05, 3.63) is 47.8 Å². The number of aliphatic hydroxyl groups excluding tert-OH is 1. The van der Waals surface area contributed by atoms with E-state index in [-0.39, 0.29) is 0 Å². The Balaban J connectivity index is 2.56. The first-order chi connectivity index (χ1) is 8.65. The van der Waals surface area contributed by atoms with Crippen LogP contribution in [-0.4, -0.2) is 14.7 Å². The first-order valence-electron chi connectivity index (χ1n) is 6.14. The summed E-state index contributed by atoms with van der Waals surface area (Å²) in [6.45, 7) is 3.64. The van der Waals surface area contributed by atoms with E-state index in [0.717, 1.165) is 18.7 Å².